The van der Waals surface area contributed by atoms with Crippen LogP contribution in [-0.2, 0) is 16.6 Å². The molecule has 6 rings (SSSR count). The lowest BCUT2D eigenvalue weighted by atomic mass is 10.0. The summed E-state index contributed by atoms with van der Waals surface area (Å²) in [5, 5.41) is 10.6. The fraction of sp³-hybridized carbons (Fsp3) is 0.167. The van der Waals surface area contributed by atoms with E-state index in [1.807, 2.05) is 0 Å². The minimum Gasteiger partial charge on any atom is -0.478 e. The van der Waals surface area contributed by atoms with Gasteiger partial charge in [-0.2, -0.15) is 0 Å². The zero-order chi connectivity index (χ0) is 28.7. The van der Waals surface area contributed by atoms with E-state index < -0.39 is 16.0 Å². The molecular formula is C30H24FN3O6S. The van der Waals surface area contributed by atoms with Gasteiger partial charge in [0.15, 0.2) is 0 Å². The van der Waals surface area contributed by atoms with Crippen LogP contribution in [0.15, 0.2) is 83.8 Å². The van der Waals surface area contributed by atoms with E-state index in [4.69, 9.17) is 9.15 Å². The molecule has 9 nitrogen and oxygen atoms in total. The number of ether oxygens (including phenoxy) is 1. The van der Waals surface area contributed by atoms with Crippen molar-refractivity contribution in [3.05, 3.63) is 102 Å². The lowest BCUT2D eigenvalue weighted by Gasteiger charge is -2.25. The number of aromatic nitrogens is 2. The van der Waals surface area contributed by atoms with E-state index in [0.29, 0.717) is 33.7 Å². The van der Waals surface area contributed by atoms with Gasteiger partial charge in [-0.25, -0.2) is 27.6 Å². The molecule has 0 atom stereocenters. The van der Waals surface area contributed by atoms with Gasteiger partial charge in [0.1, 0.15) is 40.6 Å². The predicted octanol–water partition coefficient (Wildman–Crippen LogP) is 6.36. The number of fused-ring (bicyclic) bond motifs is 1. The number of carboxylic acid groups (broad SMARTS) is 1. The molecule has 5 aromatic rings. The Kier molecular flexibility index (Phi) is 6.66. The molecule has 0 unspecified atom stereocenters. The molecule has 1 aliphatic rings. The summed E-state index contributed by atoms with van der Waals surface area (Å²) < 4.78 is 52.3. The number of halogens is 1. The zero-order valence-corrected chi connectivity index (χ0v) is 22.6. The molecule has 208 valence electrons. The summed E-state index contributed by atoms with van der Waals surface area (Å²) in [6.07, 6.45) is 7.34. The van der Waals surface area contributed by atoms with Crippen LogP contribution in [0.4, 0.5) is 10.1 Å². The topological polar surface area (TPSA) is 123 Å². The number of furan rings is 1. The number of benzene rings is 3. The third kappa shape index (κ3) is 5.48. The molecule has 0 aliphatic heterocycles. The molecule has 2 aromatic heterocycles. The summed E-state index contributed by atoms with van der Waals surface area (Å²) in [5.74, 6) is -0.371. The highest BCUT2D eigenvalue weighted by Gasteiger charge is 2.33. The van der Waals surface area contributed by atoms with Gasteiger partial charge in [-0.3, -0.25) is 4.31 Å². The third-order valence-electron chi connectivity index (χ3n) is 6.84. The largest absolute Gasteiger partial charge is 0.478 e. The number of hydrogen-bond donors (Lipinski definition) is 1. The lowest BCUT2D eigenvalue weighted by Crippen LogP contribution is -2.30. The third-order valence-corrected chi connectivity index (χ3v) is 7.97. The van der Waals surface area contributed by atoms with Crippen LogP contribution in [-0.4, -0.2) is 35.7 Å². The van der Waals surface area contributed by atoms with Crippen molar-refractivity contribution in [1.29, 1.82) is 0 Å². The van der Waals surface area contributed by atoms with Crippen LogP contribution in [0.1, 0.15) is 40.2 Å². The quantitative estimate of drug-likeness (QED) is 0.216. The van der Waals surface area contributed by atoms with E-state index in [-0.39, 0.29) is 35.2 Å². The maximum Gasteiger partial charge on any atom is 0.340 e. The minimum atomic E-state index is -3.73. The van der Waals surface area contributed by atoms with Crippen LogP contribution in [0.3, 0.4) is 0 Å². The summed E-state index contributed by atoms with van der Waals surface area (Å²) in [4.78, 5) is 20.5. The van der Waals surface area contributed by atoms with Crippen LogP contribution >= 0.6 is 0 Å². The van der Waals surface area contributed by atoms with Crippen molar-refractivity contribution in [3.63, 3.8) is 0 Å². The van der Waals surface area contributed by atoms with Gasteiger partial charge in [-0.05, 0) is 78.9 Å². The van der Waals surface area contributed by atoms with Crippen molar-refractivity contribution in [2.24, 2.45) is 0 Å². The number of carboxylic acids is 1. The molecule has 11 heteroatoms. The molecule has 1 aliphatic carbocycles. The first kappa shape index (κ1) is 26.5. The second-order valence-corrected chi connectivity index (χ2v) is 11.8. The van der Waals surface area contributed by atoms with Crippen molar-refractivity contribution < 1.29 is 31.9 Å². The number of aromatic carboxylic acids is 1. The Labute approximate surface area is 234 Å². The van der Waals surface area contributed by atoms with Gasteiger partial charge in [0, 0.05) is 35.0 Å². The second-order valence-electron chi connectivity index (χ2n) is 9.89. The number of hydrogen-bond acceptors (Lipinski definition) is 7. The maximum absolute atomic E-state index is 13.2. The van der Waals surface area contributed by atoms with Gasteiger partial charge in [0.05, 0.1) is 18.5 Å². The summed E-state index contributed by atoms with van der Waals surface area (Å²) >= 11 is 0. The van der Waals surface area contributed by atoms with Crippen molar-refractivity contribution in [1.82, 2.24) is 9.97 Å². The summed E-state index contributed by atoms with van der Waals surface area (Å²) in [6, 6.07) is 15.6. The molecule has 0 saturated heterocycles. The van der Waals surface area contributed by atoms with Gasteiger partial charge in [-0.15, -0.1) is 0 Å². The van der Waals surface area contributed by atoms with Gasteiger partial charge in [0.25, 0.3) is 0 Å². The average molecular weight is 574 g/mol. The van der Waals surface area contributed by atoms with Crippen LogP contribution in [0, 0.1) is 5.82 Å². The lowest BCUT2D eigenvalue weighted by molar-refractivity contribution is 0.0699. The van der Waals surface area contributed by atoms with Gasteiger partial charge in [0.2, 0.25) is 10.0 Å². The Morgan fingerprint density at radius 2 is 1.68 bits per heavy atom. The molecule has 0 bridgehead atoms. The number of carbonyl (C=O) groups is 1. The molecule has 2 heterocycles. The molecule has 0 spiro atoms. The molecule has 3 aromatic carbocycles. The Bertz CT molecular complexity index is 1850. The summed E-state index contributed by atoms with van der Waals surface area (Å²) in [7, 11) is -3.73. The van der Waals surface area contributed by atoms with Crippen LogP contribution < -0.4 is 9.04 Å². The fourth-order valence-corrected chi connectivity index (χ4v) is 5.67. The Morgan fingerprint density at radius 1 is 1.05 bits per heavy atom. The van der Waals surface area contributed by atoms with Crippen molar-refractivity contribution >= 4 is 32.6 Å². The predicted molar refractivity (Wildman–Crippen MR) is 150 cm³/mol. The van der Waals surface area contributed by atoms with Gasteiger partial charge in [-0.1, -0.05) is 0 Å². The normalized spacial score (nSPS) is 13.3. The van der Waals surface area contributed by atoms with Gasteiger partial charge >= 0.3 is 5.97 Å². The fourth-order valence-electron chi connectivity index (χ4n) is 4.77. The van der Waals surface area contributed by atoms with Crippen LogP contribution in [0.25, 0.3) is 22.3 Å². The van der Waals surface area contributed by atoms with Crippen LogP contribution in [0.2, 0.25) is 0 Å². The van der Waals surface area contributed by atoms with Crippen molar-refractivity contribution in [2.75, 3.05) is 10.6 Å². The van der Waals surface area contributed by atoms with Gasteiger partial charge < -0.3 is 14.3 Å². The highest BCUT2D eigenvalue weighted by Crippen LogP contribution is 2.48. The Hall–Kier alpha value is -4.77. The van der Waals surface area contributed by atoms with Crippen LogP contribution in [0.5, 0.6) is 11.5 Å². The smallest absolute Gasteiger partial charge is 0.340 e. The first-order chi connectivity index (χ1) is 19.7. The van der Waals surface area contributed by atoms with E-state index in [1.54, 1.807) is 48.8 Å². The van der Waals surface area contributed by atoms with E-state index in [0.717, 1.165) is 24.7 Å². The Morgan fingerprint density at radius 3 is 2.27 bits per heavy atom. The second kappa shape index (κ2) is 10.3. The maximum atomic E-state index is 13.2. The van der Waals surface area contributed by atoms with E-state index in [2.05, 4.69) is 9.97 Å². The molecule has 1 fully saturated rings. The summed E-state index contributed by atoms with van der Waals surface area (Å²) in [6.45, 7) is 0.0137. The standard InChI is InChI=1S/C30H24FN3O6S/c1-41(37,38)34(16-18-14-32-17-33-15-18)26-13-27-25(12-24(26)19-2-3-19)28(30(35)36)29(40-27)20-4-8-22(9-5-20)39-23-10-6-21(31)7-11-23/h4-15,17,19H,2-3,16H2,1H3,(H,35,36). The molecule has 0 radical (unpaired) electrons. The number of sulfonamides is 1. The zero-order valence-electron chi connectivity index (χ0n) is 21.8. The first-order valence-corrected chi connectivity index (χ1v) is 14.6. The first-order valence-electron chi connectivity index (χ1n) is 12.8. The monoisotopic (exact) mass is 573 g/mol. The number of nitrogens with zero attached hydrogens (tertiary/aromatic N) is 3. The highest BCUT2D eigenvalue weighted by molar-refractivity contribution is 7.92. The molecule has 0 amide bonds. The molecule has 1 N–H and O–H groups in total. The number of anilines is 1. The molecular weight excluding hydrogens is 549 g/mol. The highest BCUT2D eigenvalue weighted by atomic mass is 32.2. The molecule has 41 heavy (non-hydrogen) atoms. The summed E-state index contributed by atoms with van der Waals surface area (Å²) in [5.41, 5.74) is 2.53. The van der Waals surface area contributed by atoms with E-state index in [1.165, 1.54) is 34.9 Å². The SMILES string of the molecule is CS(=O)(=O)N(Cc1cncnc1)c1cc2oc(-c3ccc(Oc4ccc(F)cc4)cc3)c(C(=O)O)c2cc1C1CC1. The number of rotatable bonds is 9. The van der Waals surface area contributed by atoms with E-state index >= 15 is 0 Å². The van der Waals surface area contributed by atoms with E-state index in [9.17, 15) is 22.7 Å². The average Bonchev–Trinajstić information content (AvgIpc) is 3.72. The van der Waals surface area contributed by atoms with Crippen molar-refractivity contribution in [2.45, 2.75) is 25.3 Å². The minimum absolute atomic E-state index is 0.0111. The van der Waals surface area contributed by atoms with Crippen molar-refractivity contribution in [3.8, 4) is 22.8 Å². The molecule has 1 saturated carbocycles. The Balaban J connectivity index is 1.43.